The molecule has 0 unspecified atom stereocenters. The van der Waals surface area contributed by atoms with Crippen LogP contribution < -0.4 is 14.2 Å². The molecule has 0 spiro atoms. The molecule has 0 saturated heterocycles. The Hall–Kier alpha value is -6.32. The molecule has 2 heterocycles. The predicted molar refractivity (Wildman–Crippen MR) is 174 cm³/mol. The summed E-state index contributed by atoms with van der Waals surface area (Å²) < 4.78 is 20.9. The second-order valence-electron chi connectivity index (χ2n) is 10.6. The molecule has 4 aromatic carbocycles. The Labute approximate surface area is 268 Å². The number of aryl methyl sites for hydroxylation is 2. The number of hydrogen-bond acceptors (Lipinski definition) is 7. The molecule has 0 fully saturated rings. The molecule has 2 aromatic heterocycles. The van der Waals surface area contributed by atoms with Crippen molar-refractivity contribution in [3.8, 4) is 40.9 Å². The van der Waals surface area contributed by atoms with Crippen molar-refractivity contribution >= 4 is 0 Å². The first-order chi connectivity index (χ1) is 22.4. The van der Waals surface area contributed by atoms with Crippen LogP contribution in [0.5, 0.6) is 28.7 Å². The van der Waals surface area contributed by atoms with Crippen LogP contribution in [0.4, 0.5) is 0 Å². The Morgan fingerprint density at radius 1 is 0.609 bits per heavy atom. The van der Waals surface area contributed by atoms with E-state index in [1.54, 1.807) is 44.3 Å². The van der Waals surface area contributed by atoms with Gasteiger partial charge in [0.25, 0.3) is 0 Å². The summed E-state index contributed by atoms with van der Waals surface area (Å²) in [7, 11) is 1.61. The summed E-state index contributed by atoms with van der Waals surface area (Å²) in [4.78, 5) is 8.07. The monoisotopic (exact) mass is 608 g/mol. The summed E-state index contributed by atoms with van der Waals surface area (Å²) in [5.41, 5.74) is 5.38. The highest BCUT2D eigenvalue weighted by Crippen LogP contribution is 2.29. The average Bonchev–Trinajstić information content (AvgIpc) is 3.77. The van der Waals surface area contributed by atoms with Gasteiger partial charge in [0.05, 0.1) is 30.9 Å². The van der Waals surface area contributed by atoms with Gasteiger partial charge >= 0.3 is 0 Å². The van der Waals surface area contributed by atoms with Gasteiger partial charge in [0.2, 0.25) is 0 Å². The van der Waals surface area contributed by atoms with E-state index in [1.165, 1.54) is 0 Å². The van der Waals surface area contributed by atoms with Crippen LogP contribution in [0.2, 0.25) is 0 Å². The highest BCUT2D eigenvalue weighted by molar-refractivity contribution is 5.49. The van der Waals surface area contributed by atoms with E-state index in [0.29, 0.717) is 41.5 Å². The Balaban J connectivity index is 0.000000181. The maximum absolute atomic E-state index is 9.31. The third kappa shape index (κ3) is 8.40. The highest BCUT2D eigenvalue weighted by atomic mass is 16.5. The Bertz CT molecular complexity index is 1950. The first kappa shape index (κ1) is 31.1. The molecule has 0 amide bonds. The summed E-state index contributed by atoms with van der Waals surface area (Å²) in [5.74, 6) is 3.28. The number of methoxy groups -OCH3 is 1. The van der Waals surface area contributed by atoms with Crippen LogP contribution >= 0.6 is 0 Å². The van der Waals surface area contributed by atoms with E-state index in [-0.39, 0.29) is 0 Å². The van der Waals surface area contributed by atoms with Crippen molar-refractivity contribution in [2.24, 2.45) is 0 Å². The number of nitrogens with zero attached hydrogens (tertiary/aromatic N) is 6. The number of hydrogen-bond donors (Lipinski definition) is 0. The van der Waals surface area contributed by atoms with Crippen LogP contribution in [0, 0.1) is 36.5 Å². The fraction of sp³-hybridized carbons (Fsp3) is 0.135. The minimum Gasteiger partial charge on any atom is -0.497 e. The van der Waals surface area contributed by atoms with Crippen LogP contribution in [-0.4, -0.2) is 26.2 Å². The van der Waals surface area contributed by atoms with Gasteiger partial charge in [-0.1, -0.05) is 18.2 Å². The molecule has 0 saturated carbocycles. The molecule has 9 nitrogen and oxygen atoms in total. The standard InChI is InChI=1S/C19H17N3O.C18H15N3O2/c1-14-7-15(2)9-18(8-14)23-19-10-16(3-4-17(19)11-20)12-22-6-5-21-13-22;1-22-16-4-6-17(7-5-16)23-18-10-14(2-3-15(18)11-19)12-21-9-8-20-13-21/h3-10,13H,12H2,1-2H3;2-10,13H,12H2,1H3. The second kappa shape index (κ2) is 14.9. The van der Waals surface area contributed by atoms with Gasteiger partial charge in [-0.25, -0.2) is 9.97 Å². The predicted octanol–water partition coefficient (Wildman–Crippen LogP) is 7.82. The van der Waals surface area contributed by atoms with Crippen LogP contribution in [0.25, 0.3) is 0 Å². The number of ether oxygens (including phenoxy) is 3. The largest absolute Gasteiger partial charge is 0.497 e. The van der Waals surface area contributed by atoms with Crippen molar-refractivity contribution in [2.45, 2.75) is 26.9 Å². The van der Waals surface area contributed by atoms with Gasteiger partial charge in [0.15, 0.2) is 0 Å². The summed E-state index contributed by atoms with van der Waals surface area (Å²) in [5, 5.41) is 18.6. The molecule has 0 atom stereocenters. The molecule has 0 radical (unpaired) electrons. The average molecular weight is 609 g/mol. The van der Waals surface area contributed by atoms with Crippen molar-refractivity contribution < 1.29 is 14.2 Å². The number of benzene rings is 4. The van der Waals surface area contributed by atoms with Gasteiger partial charge < -0.3 is 23.3 Å². The molecule has 0 aliphatic rings. The molecule has 0 bridgehead atoms. The molecule has 228 valence electrons. The number of aromatic nitrogens is 4. The maximum Gasteiger partial charge on any atom is 0.145 e. The van der Waals surface area contributed by atoms with Gasteiger partial charge in [-0.3, -0.25) is 0 Å². The Morgan fingerprint density at radius 3 is 1.52 bits per heavy atom. The fourth-order valence-corrected chi connectivity index (χ4v) is 4.76. The molecule has 9 heteroatoms. The van der Waals surface area contributed by atoms with E-state index in [1.807, 2.05) is 96.0 Å². The SMILES string of the molecule is COc1ccc(Oc2cc(Cn3ccnc3)ccc2C#N)cc1.Cc1cc(C)cc(Oc2cc(Cn3ccnc3)ccc2C#N)c1. The van der Waals surface area contributed by atoms with Crippen molar-refractivity contribution in [3.05, 3.63) is 150 Å². The van der Waals surface area contributed by atoms with E-state index in [4.69, 9.17) is 14.2 Å². The molecule has 0 aliphatic carbocycles. The van der Waals surface area contributed by atoms with Crippen LogP contribution in [0.15, 0.2) is 116 Å². The zero-order chi connectivity index (χ0) is 32.3. The minimum absolute atomic E-state index is 0.496. The molecule has 0 aliphatic heterocycles. The lowest BCUT2D eigenvalue weighted by Gasteiger charge is -2.11. The van der Waals surface area contributed by atoms with E-state index in [9.17, 15) is 10.5 Å². The topological polar surface area (TPSA) is 111 Å². The smallest absolute Gasteiger partial charge is 0.145 e. The molecule has 6 rings (SSSR count). The summed E-state index contributed by atoms with van der Waals surface area (Å²) in [6.45, 7) is 5.42. The van der Waals surface area contributed by atoms with Crippen molar-refractivity contribution in [1.82, 2.24) is 19.1 Å². The minimum atomic E-state index is 0.496. The lowest BCUT2D eigenvalue weighted by molar-refractivity contribution is 0.412. The Morgan fingerprint density at radius 2 is 1.09 bits per heavy atom. The molecular formula is C37H32N6O3. The fourth-order valence-electron chi connectivity index (χ4n) is 4.76. The van der Waals surface area contributed by atoms with E-state index >= 15 is 0 Å². The van der Waals surface area contributed by atoms with Crippen LogP contribution in [0.3, 0.4) is 0 Å². The molecule has 46 heavy (non-hydrogen) atoms. The maximum atomic E-state index is 9.31. The highest BCUT2D eigenvalue weighted by Gasteiger charge is 2.09. The summed E-state index contributed by atoms with van der Waals surface area (Å²) >= 11 is 0. The lowest BCUT2D eigenvalue weighted by atomic mass is 10.1. The van der Waals surface area contributed by atoms with E-state index < -0.39 is 0 Å². The second-order valence-corrected chi connectivity index (χ2v) is 10.6. The summed E-state index contributed by atoms with van der Waals surface area (Å²) in [6.07, 6.45) is 10.8. The van der Waals surface area contributed by atoms with Crippen molar-refractivity contribution in [2.75, 3.05) is 7.11 Å². The quantitative estimate of drug-likeness (QED) is 0.165. The molecule has 0 N–H and O–H groups in total. The lowest BCUT2D eigenvalue weighted by Crippen LogP contribution is -1.98. The van der Waals surface area contributed by atoms with E-state index in [0.717, 1.165) is 33.8 Å². The molecule has 6 aromatic rings. The van der Waals surface area contributed by atoms with Crippen LogP contribution in [-0.2, 0) is 13.1 Å². The van der Waals surface area contributed by atoms with E-state index in [2.05, 4.69) is 28.2 Å². The number of rotatable bonds is 9. The van der Waals surface area contributed by atoms with Gasteiger partial charge in [-0.15, -0.1) is 0 Å². The summed E-state index contributed by atoms with van der Waals surface area (Å²) in [6, 6.07) is 28.8. The first-order valence-electron chi connectivity index (χ1n) is 14.5. The van der Waals surface area contributed by atoms with Gasteiger partial charge in [-0.2, -0.15) is 10.5 Å². The Kier molecular flexibility index (Phi) is 10.1. The normalized spacial score (nSPS) is 10.2. The van der Waals surface area contributed by atoms with Crippen molar-refractivity contribution in [1.29, 1.82) is 10.5 Å². The van der Waals surface area contributed by atoms with Crippen molar-refractivity contribution in [3.63, 3.8) is 0 Å². The zero-order valence-corrected chi connectivity index (χ0v) is 25.8. The third-order valence-electron chi connectivity index (χ3n) is 6.89. The van der Waals surface area contributed by atoms with Gasteiger partial charge in [0.1, 0.15) is 40.9 Å². The number of nitriles is 2. The molecular weight excluding hydrogens is 576 g/mol. The third-order valence-corrected chi connectivity index (χ3v) is 6.89. The number of imidazole rings is 2. The zero-order valence-electron chi connectivity index (χ0n) is 25.8. The first-order valence-corrected chi connectivity index (χ1v) is 14.5. The van der Waals surface area contributed by atoms with Gasteiger partial charge in [0, 0.05) is 37.9 Å². The van der Waals surface area contributed by atoms with Crippen LogP contribution in [0.1, 0.15) is 33.4 Å². The van der Waals surface area contributed by atoms with Gasteiger partial charge in [-0.05, 0) is 96.8 Å².